The topological polar surface area (TPSA) is 54.3 Å². The number of carbonyl (C=O) groups is 1. The quantitative estimate of drug-likeness (QED) is 0.847. The Hall–Kier alpha value is -2.37. The van der Waals surface area contributed by atoms with Gasteiger partial charge in [-0.2, -0.15) is 5.10 Å². The van der Waals surface area contributed by atoms with Crippen LogP contribution in [0, 0.1) is 5.92 Å². The number of hydrogen-bond acceptors (Lipinski definition) is 4. The van der Waals surface area contributed by atoms with Crippen LogP contribution in [0.1, 0.15) is 19.3 Å². The summed E-state index contributed by atoms with van der Waals surface area (Å²) in [6, 6.07) is 8.26. The highest BCUT2D eigenvalue weighted by Gasteiger charge is 2.30. The van der Waals surface area contributed by atoms with E-state index in [-0.39, 0.29) is 5.91 Å². The molecule has 0 saturated heterocycles. The first kappa shape index (κ1) is 14.2. The van der Waals surface area contributed by atoms with Gasteiger partial charge in [0.2, 0.25) is 5.91 Å². The van der Waals surface area contributed by atoms with Gasteiger partial charge < -0.3 is 9.80 Å². The highest BCUT2D eigenvalue weighted by molar-refractivity contribution is 5.97. The predicted octanol–water partition coefficient (Wildman–Crippen LogP) is 1.93. The van der Waals surface area contributed by atoms with Crippen LogP contribution in [0.3, 0.4) is 0 Å². The molecule has 1 aromatic carbocycles. The molecule has 0 bridgehead atoms. The van der Waals surface area contributed by atoms with Crippen molar-refractivity contribution < 1.29 is 4.79 Å². The van der Waals surface area contributed by atoms with Crippen LogP contribution in [0.15, 0.2) is 36.9 Å². The van der Waals surface area contributed by atoms with Crippen LogP contribution in [0.5, 0.6) is 0 Å². The minimum absolute atomic E-state index is 0.152. The zero-order valence-corrected chi connectivity index (χ0v) is 13.1. The number of benzene rings is 1. The van der Waals surface area contributed by atoms with Gasteiger partial charge in [0.05, 0.1) is 17.9 Å². The van der Waals surface area contributed by atoms with Crippen molar-refractivity contribution in [3.8, 4) is 0 Å². The second kappa shape index (κ2) is 6.02. The standard InChI is InChI=1S/C17H21N5O/c23-17(7-8-21-13-18-12-19-21)22-10-9-20(11-14-5-6-14)15-3-1-2-4-16(15)22/h1-4,12-14H,5-11H2. The first-order chi connectivity index (χ1) is 11.3. The maximum atomic E-state index is 12.6. The summed E-state index contributed by atoms with van der Waals surface area (Å²) in [4.78, 5) is 20.9. The Morgan fingerprint density at radius 1 is 1.17 bits per heavy atom. The zero-order valence-electron chi connectivity index (χ0n) is 13.1. The van der Waals surface area contributed by atoms with E-state index in [4.69, 9.17) is 0 Å². The van der Waals surface area contributed by atoms with E-state index in [0.717, 1.165) is 31.2 Å². The lowest BCUT2D eigenvalue weighted by Gasteiger charge is -2.38. The highest BCUT2D eigenvalue weighted by atomic mass is 16.2. The highest BCUT2D eigenvalue weighted by Crippen LogP contribution is 2.37. The third-order valence-corrected chi connectivity index (χ3v) is 4.60. The Kier molecular flexibility index (Phi) is 3.73. The van der Waals surface area contributed by atoms with Crippen LogP contribution in [0.2, 0.25) is 0 Å². The van der Waals surface area contributed by atoms with Crippen LogP contribution in [-0.2, 0) is 11.3 Å². The molecule has 1 saturated carbocycles. The fourth-order valence-corrected chi connectivity index (χ4v) is 3.18. The molecule has 1 aliphatic heterocycles. The number of hydrogen-bond donors (Lipinski definition) is 0. The molecule has 4 rings (SSSR count). The molecule has 0 unspecified atom stereocenters. The van der Waals surface area contributed by atoms with Crippen molar-refractivity contribution in [2.24, 2.45) is 5.92 Å². The average molecular weight is 311 g/mol. The Morgan fingerprint density at radius 3 is 2.74 bits per heavy atom. The Labute approximate surface area is 135 Å². The largest absolute Gasteiger partial charge is 0.368 e. The molecule has 120 valence electrons. The number of amides is 1. The van der Waals surface area contributed by atoms with E-state index >= 15 is 0 Å². The molecule has 1 aromatic heterocycles. The number of carbonyl (C=O) groups excluding carboxylic acids is 1. The summed E-state index contributed by atoms with van der Waals surface area (Å²) in [6.07, 6.45) is 6.28. The summed E-state index contributed by atoms with van der Waals surface area (Å²) >= 11 is 0. The van der Waals surface area contributed by atoms with E-state index in [1.807, 2.05) is 11.0 Å². The van der Waals surface area contributed by atoms with Crippen LogP contribution in [-0.4, -0.2) is 40.3 Å². The molecule has 2 heterocycles. The summed E-state index contributed by atoms with van der Waals surface area (Å²) in [7, 11) is 0. The molecule has 2 aliphatic rings. The van der Waals surface area contributed by atoms with Gasteiger partial charge in [-0.3, -0.25) is 9.48 Å². The molecule has 0 spiro atoms. The van der Waals surface area contributed by atoms with Gasteiger partial charge in [0, 0.05) is 26.1 Å². The van der Waals surface area contributed by atoms with Crippen molar-refractivity contribution >= 4 is 17.3 Å². The lowest BCUT2D eigenvalue weighted by molar-refractivity contribution is -0.118. The minimum Gasteiger partial charge on any atom is -0.368 e. The third-order valence-electron chi connectivity index (χ3n) is 4.60. The number of nitrogens with zero attached hydrogens (tertiary/aromatic N) is 5. The molecule has 1 aliphatic carbocycles. The lowest BCUT2D eigenvalue weighted by atomic mass is 10.1. The maximum Gasteiger partial charge on any atom is 0.228 e. The molecule has 6 heteroatoms. The van der Waals surface area contributed by atoms with Crippen LogP contribution in [0.4, 0.5) is 11.4 Å². The molecular weight excluding hydrogens is 290 g/mol. The van der Waals surface area contributed by atoms with Crippen LogP contribution < -0.4 is 9.80 Å². The fraction of sp³-hybridized carbons (Fsp3) is 0.471. The molecule has 0 N–H and O–H groups in total. The number of anilines is 2. The summed E-state index contributed by atoms with van der Waals surface area (Å²) in [5, 5.41) is 4.06. The van der Waals surface area contributed by atoms with Crippen molar-refractivity contribution in [2.75, 3.05) is 29.4 Å². The summed E-state index contributed by atoms with van der Waals surface area (Å²) in [5.74, 6) is 0.997. The van der Waals surface area contributed by atoms with Crippen molar-refractivity contribution in [3.63, 3.8) is 0 Å². The van der Waals surface area contributed by atoms with Gasteiger partial charge >= 0.3 is 0 Å². The maximum absolute atomic E-state index is 12.6. The fourth-order valence-electron chi connectivity index (χ4n) is 3.18. The molecule has 6 nitrogen and oxygen atoms in total. The van der Waals surface area contributed by atoms with Gasteiger partial charge in [-0.05, 0) is 30.9 Å². The van der Waals surface area contributed by atoms with Crippen molar-refractivity contribution in [1.82, 2.24) is 14.8 Å². The molecule has 0 atom stereocenters. The first-order valence-corrected chi connectivity index (χ1v) is 8.28. The van der Waals surface area contributed by atoms with Crippen molar-refractivity contribution in [2.45, 2.75) is 25.8 Å². The number of para-hydroxylation sites is 2. The second-order valence-electron chi connectivity index (χ2n) is 6.33. The zero-order chi connectivity index (χ0) is 15.6. The normalized spacial score (nSPS) is 17.2. The van der Waals surface area contributed by atoms with Gasteiger partial charge in [-0.1, -0.05) is 12.1 Å². The number of aryl methyl sites for hydroxylation is 1. The molecule has 2 aromatic rings. The van der Waals surface area contributed by atoms with Gasteiger partial charge in [0.25, 0.3) is 0 Å². The van der Waals surface area contributed by atoms with E-state index in [9.17, 15) is 4.79 Å². The van der Waals surface area contributed by atoms with E-state index in [1.165, 1.54) is 24.9 Å². The van der Waals surface area contributed by atoms with Crippen molar-refractivity contribution in [1.29, 1.82) is 0 Å². The first-order valence-electron chi connectivity index (χ1n) is 8.28. The van der Waals surface area contributed by atoms with Gasteiger partial charge in [0.15, 0.2) is 0 Å². The molecular formula is C17H21N5O. The second-order valence-corrected chi connectivity index (χ2v) is 6.33. The van der Waals surface area contributed by atoms with E-state index in [0.29, 0.717) is 13.0 Å². The predicted molar refractivity (Wildman–Crippen MR) is 88.4 cm³/mol. The number of fused-ring (bicyclic) bond motifs is 1. The third kappa shape index (κ3) is 3.06. The minimum atomic E-state index is 0.152. The number of aromatic nitrogens is 3. The van der Waals surface area contributed by atoms with Crippen LogP contribution >= 0.6 is 0 Å². The van der Waals surface area contributed by atoms with Crippen LogP contribution in [0.25, 0.3) is 0 Å². The summed E-state index contributed by atoms with van der Waals surface area (Å²) in [6.45, 7) is 3.38. The Balaban J connectivity index is 1.48. The molecule has 1 amide bonds. The Morgan fingerprint density at radius 2 is 2.00 bits per heavy atom. The van der Waals surface area contributed by atoms with E-state index in [2.05, 4.69) is 33.2 Å². The Bertz CT molecular complexity index is 680. The summed E-state index contributed by atoms with van der Waals surface area (Å²) < 4.78 is 1.70. The number of rotatable bonds is 5. The van der Waals surface area contributed by atoms with Gasteiger partial charge in [-0.15, -0.1) is 0 Å². The molecule has 0 radical (unpaired) electrons. The monoisotopic (exact) mass is 311 g/mol. The molecule has 23 heavy (non-hydrogen) atoms. The smallest absolute Gasteiger partial charge is 0.228 e. The SMILES string of the molecule is O=C(CCn1cncn1)N1CCN(CC2CC2)c2ccccc21. The average Bonchev–Trinajstić information content (AvgIpc) is 3.24. The van der Waals surface area contributed by atoms with E-state index in [1.54, 1.807) is 11.0 Å². The van der Waals surface area contributed by atoms with Crippen molar-refractivity contribution in [3.05, 3.63) is 36.9 Å². The van der Waals surface area contributed by atoms with Gasteiger partial charge in [0.1, 0.15) is 12.7 Å². The molecule has 1 fully saturated rings. The summed E-state index contributed by atoms with van der Waals surface area (Å²) in [5.41, 5.74) is 2.24. The van der Waals surface area contributed by atoms with E-state index < -0.39 is 0 Å². The lowest BCUT2D eigenvalue weighted by Crippen LogP contribution is -2.45. The van der Waals surface area contributed by atoms with Gasteiger partial charge in [-0.25, -0.2) is 4.98 Å².